The van der Waals surface area contributed by atoms with Crippen molar-refractivity contribution in [2.75, 3.05) is 6.54 Å². The van der Waals surface area contributed by atoms with Gasteiger partial charge in [0.25, 0.3) is 0 Å². The number of rotatable bonds is 4. The number of carbonyl (C=O) groups is 1. The molecule has 4 nitrogen and oxygen atoms in total. The zero-order valence-electron chi connectivity index (χ0n) is 11.3. The van der Waals surface area contributed by atoms with Crippen molar-refractivity contribution in [1.29, 1.82) is 0 Å². The smallest absolute Gasteiger partial charge is 0.224 e. The average molecular weight is 303 g/mol. The molecule has 1 heterocycles. The minimum atomic E-state index is -1.01. The zero-order valence-corrected chi connectivity index (χ0v) is 12.1. The highest BCUT2D eigenvalue weighted by Crippen LogP contribution is 2.21. The second kappa shape index (κ2) is 5.76. The maximum atomic E-state index is 12.1. The van der Waals surface area contributed by atoms with Crippen molar-refractivity contribution >= 4 is 28.3 Å². The molecule has 1 atom stereocenters. The molecular formula is C16H15ClN2O2. The van der Waals surface area contributed by atoms with E-state index in [0.717, 1.165) is 16.3 Å². The maximum Gasteiger partial charge on any atom is 0.224 e. The first-order valence-corrected chi connectivity index (χ1v) is 7.08. The van der Waals surface area contributed by atoms with Crippen LogP contribution in [0.15, 0.2) is 54.7 Å². The van der Waals surface area contributed by atoms with E-state index in [4.69, 9.17) is 16.4 Å². The Morgan fingerprint density at radius 3 is 2.86 bits per heavy atom. The summed E-state index contributed by atoms with van der Waals surface area (Å²) in [6, 6.07) is 14.0. The first-order chi connectivity index (χ1) is 10.2. The van der Waals surface area contributed by atoms with Crippen LogP contribution < -0.4 is 10.8 Å². The van der Waals surface area contributed by atoms with Crippen molar-refractivity contribution < 1.29 is 9.63 Å². The molecule has 0 bridgehead atoms. The standard InChI is InChI=1S/C16H15ClN2O2/c17-16(8-9-19-21-16)11-18-15(20)10-13-6-3-5-12-4-1-2-7-14(12)13/h1-9,19H,10-11H2,(H,18,20). The van der Waals surface area contributed by atoms with Crippen LogP contribution in [-0.4, -0.2) is 17.5 Å². The summed E-state index contributed by atoms with van der Waals surface area (Å²) < 4.78 is 0. The van der Waals surface area contributed by atoms with Crippen LogP contribution in [0.2, 0.25) is 0 Å². The highest BCUT2D eigenvalue weighted by atomic mass is 35.5. The molecule has 21 heavy (non-hydrogen) atoms. The number of carbonyl (C=O) groups excluding carboxylic acids is 1. The van der Waals surface area contributed by atoms with Crippen molar-refractivity contribution in [3.05, 3.63) is 60.3 Å². The molecule has 2 aromatic carbocycles. The number of halogens is 1. The first kappa shape index (κ1) is 13.9. The summed E-state index contributed by atoms with van der Waals surface area (Å²) in [4.78, 5) is 17.2. The van der Waals surface area contributed by atoms with Crippen LogP contribution in [0.3, 0.4) is 0 Å². The summed E-state index contributed by atoms with van der Waals surface area (Å²) in [5.74, 6) is -0.0877. The van der Waals surface area contributed by atoms with E-state index in [2.05, 4.69) is 10.8 Å². The van der Waals surface area contributed by atoms with Gasteiger partial charge in [0.15, 0.2) is 0 Å². The minimum absolute atomic E-state index is 0.0877. The van der Waals surface area contributed by atoms with Gasteiger partial charge in [-0.3, -0.25) is 10.3 Å². The Balaban J connectivity index is 1.68. The number of amides is 1. The fraction of sp³-hybridized carbons (Fsp3) is 0.188. The molecule has 0 fully saturated rings. The molecule has 1 aliphatic rings. The Kier molecular flexibility index (Phi) is 3.82. The van der Waals surface area contributed by atoms with E-state index in [1.807, 2.05) is 42.5 Å². The summed E-state index contributed by atoms with van der Waals surface area (Å²) in [6.07, 6.45) is 3.57. The molecule has 0 aliphatic carbocycles. The first-order valence-electron chi connectivity index (χ1n) is 6.70. The predicted octanol–water partition coefficient (Wildman–Crippen LogP) is 2.48. The van der Waals surface area contributed by atoms with Gasteiger partial charge in [-0.1, -0.05) is 54.1 Å². The largest absolute Gasteiger partial charge is 0.351 e. The predicted molar refractivity (Wildman–Crippen MR) is 82.6 cm³/mol. The van der Waals surface area contributed by atoms with Crippen molar-refractivity contribution in [3.8, 4) is 0 Å². The summed E-state index contributed by atoms with van der Waals surface area (Å²) in [7, 11) is 0. The molecular weight excluding hydrogens is 288 g/mol. The van der Waals surface area contributed by atoms with Gasteiger partial charge in [0, 0.05) is 6.20 Å². The van der Waals surface area contributed by atoms with Gasteiger partial charge in [0.05, 0.1) is 13.0 Å². The Morgan fingerprint density at radius 1 is 1.24 bits per heavy atom. The molecule has 2 N–H and O–H groups in total. The summed E-state index contributed by atoms with van der Waals surface area (Å²) in [5.41, 5.74) is 3.54. The van der Waals surface area contributed by atoms with Crippen LogP contribution in [0.1, 0.15) is 5.56 Å². The maximum absolute atomic E-state index is 12.1. The highest BCUT2D eigenvalue weighted by molar-refractivity contribution is 6.24. The third-order valence-corrected chi connectivity index (χ3v) is 3.72. The van der Waals surface area contributed by atoms with E-state index in [0.29, 0.717) is 6.42 Å². The molecule has 0 aromatic heterocycles. The quantitative estimate of drug-likeness (QED) is 0.853. The van der Waals surface area contributed by atoms with Crippen LogP contribution in [0, 0.1) is 0 Å². The molecule has 0 spiro atoms. The topological polar surface area (TPSA) is 50.4 Å². The van der Waals surface area contributed by atoms with Crippen molar-refractivity contribution in [1.82, 2.24) is 10.8 Å². The number of benzene rings is 2. The number of alkyl halides is 1. The Hall–Kier alpha value is -2.04. The lowest BCUT2D eigenvalue weighted by Gasteiger charge is -2.18. The van der Waals surface area contributed by atoms with Crippen molar-refractivity contribution in [2.24, 2.45) is 0 Å². The van der Waals surface area contributed by atoms with E-state index in [1.165, 1.54) is 0 Å². The van der Waals surface area contributed by atoms with Crippen molar-refractivity contribution in [3.63, 3.8) is 0 Å². The van der Waals surface area contributed by atoms with Gasteiger partial charge in [-0.15, -0.1) is 0 Å². The molecule has 1 amide bonds. The highest BCUT2D eigenvalue weighted by Gasteiger charge is 2.29. The molecule has 5 heteroatoms. The van der Waals surface area contributed by atoms with E-state index < -0.39 is 5.06 Å². The number of hydrogen-bond donors (Lipinski definition) is 2. The van der Waals surface area contributed by atoms with Gasteiger partial charge < -0.3 is 5.32 Å². The SMILES string of the molecule is O=C(Cc1cccc2ccccc12)NCC1(Cl)C=CNO1. The van der Waals surface area contributed by atoms with Crippen LogP contribution in [0.4, 0.5) is 0 Å². The summed E-state index contributed by atoms with van der Waals surface area (Å²) in [5, 5.41) is 4.01. The van der Waals surface area contributed by atoms with Crippen LogP contribution in [0.5, 0.6) is 0 Å². The van der Waals surface area contributed by atoms with Gasteiger partial charge in [0.2, 0.25) is 11.0 Å². The molecule has 0 radical (unpaired) electrons. The molecule has 1 unspecified atom stereocenters. The molecule has 1 aliphatic heterocycles. The van der Waals surface area contributed by atoms with Crippen molar-refractivity contribution in [2.45, 2.75) is 11.5 Å². The lowest BCUT2D eigenvalue weighted by molar-refractivity contribution is -0.121. The van der Waals surface area contributed by atoms with E-state index >= 15 is 0 Å². The van der Waals surface area contributed by atoms with Gasteiger partial charge in [-0.05, 0) is 22.4 Å². The fourth-order valence-corrected chi connectivity index (χ4v) is 2.50. The third-order valence-electron chi connectivity index (χ3n) is 3.39. The van der Waals surface area contributed by atoms with Gasteiger partial charge in [-0.2, -0.15) is 0 Å². The van der Waals surface area contributed by atoms with Gasteiger partial charge in [-0.25, -0.2) is 4.84 Å². The number of hydrogen-bond acceptors (Lipinski definition) is 3. The summed E-state index contributed by atoms with van der Waals surface area (Å²) >= 11 is 6.13. The van der Waals surface area contributed by atoms with Crippen LogP contribution in [-0.2, 0) is 16.1 Å². The van der Waals surface area contributed by atoms with E-state index in [9.17, 15) is 4.79 Å². The molecule has 0 saturated heterocycles. The molecule has 2 aromatic rings. The van der Waals surface area contributed by atoms with Gasteiger partial charge in [0.1, 0.15) is 0 Å². The third kappa shape index (κ3) is 3.17. The fourth-order valence-electron chi connectivity index (χ4n) is 2.32. The minimum Gasteiger partial charge on any atom is -0.351 e. The van der Waals surface area contributed by atoms with Gasteiger partial charge >= 0.3 is 0 Å². The summed E-state index contributed by atoms with van der Waals surface area (Å²) in [6.45, 7) is 0.210. The van der Waals surface area contributed by atoms with E-state index in [1.54, 1.807) is 12.3 Å². The number of fused-ring (bicyclic) bond motifs is 1. The molecule has 108 valence electrons. The molecule has 3 rings (SSSR count). The number of nitrogens with one attached hydrogen (secondary N) is 2. The Morgan fingerprint density at radius 2 is 2.05 bits per heavy atom. The monoisotopic (exact) mass is 302 g/mol. The van der Waals surface area contributed by atoms with Crippen LogP contribution >= 0.6 is 11.6 Å². The normalized spacial score (nSPS) is 20.4. The Labute approximate surface area is 127 Å². The zero-order chi connectivity index (χ0) is 14.7. The average Bonchev–Trinajstić information content (AvgIpc) is 2.93. The van der Waals surface area contributed by atoms with Crippen LogP contribution in [0.25, 0.3) is 10.8 Å². The lowest BCUT2D eigenvalue weighted by atomic mass is 10.0. The second-order valence-electron chi connectivity index (χ2n) is 4.93. The Bertz CT molecular complexity index is 696. The number of hydroxylamine groups is 1. The van der Waals surface area contributed by atoms with E-state index in [-0.39, 0.29) is 12.5 Å². The molecule has 0 saturated carbocycles. The lowest BCUT2D eigenvalue weighted by Crippen LogP contribution is -2.39. The second-order valence-corrected chi connectivity index (χ2v) is 5.57.